The predicted octanol–water partition coefficient (Wildman–Crippen LogP) is 4.59. The number of alkyl halides is 6. The van der Waals surface area contributed by atoms with Gasteiger partial charge in [0.15, 0.2) is 0 Å². The fourth-order valence-corrected chi connectivity index (χ4v) is 3.01. The summed E-state index contributed by atoms with van der Waals surface area (Å²) in [5, 5.41) is 9.03. The number of amides is 2. The summed E-state index contributed by atoms with van der Waals surface area (Å²) in [7, 11) is 0. The number of thioether (sulfide) groups is 1. The molecule has 2 amide bonds. The maximum absolute atomic E-state index is 12.6. The van der Waals surface area contributed by atoms with Crippen molar-refractivity contribution in [3.05, 3.63) is 40.4 Å². The maximum Gasteiger partial charge on any atom is 0.445 e. The van der Waals surface area contributed by atoms with Gasteiger partial charge in [0.1, 0.15) is 0 Å². The van der Waals surface area contributed by atoms with Crippen molar-refractivity contribution < 1.29 is 31.1 Å². The number of hydrogen-bond acceptors (Lipinski definition) is 5. The molecule has 2 N–H and O–H groups in total. The first-order valence-electron chi connectivity index (χ1n) is 6.75. The molecule has 1 aromatic carbocycles. The quantitative estimate of drug-likeness (QED) is 0.425. The molecule has 0 bridgehead atoms. The van der Waals surface area contributed by atoms with Crippen LogP contribution in [0.15, 0.2) is 24.3 Å². The minimum Gasteiger partial charge on any atom is -0.329 e. The maximum atomic E-state index is 12.6. The number of aromatic nitrogens is 2. The van der Waals surface area contributed by atoms with E-state index in [9.17, 15) is 31.1 Å². The van der Waals surface area contributed by atoms with Crippen LogP contribution in [0.5, 0.6) is 0 Å². The Bertz CT molecular complexity index is 762. The molecule has 0 aliphatic carbocycles. The Balaban J connectivity index is 1.76. The Morgan fingerprint density at radius 3 is 2.46 bits per heavy atom. The molecular formula is C13H10F6N4OS2. The number of halogens is 6. The molecule has 0 fully saturated rings. The topological polar surface area (TPSA) is 66.9 Å². The molecule has 13 heteroatoms. The van der Waals surface area contributed by atoms with E-state index in [2.05, 4.69) is 20.8 Å². The summed E-state index contributed by atoms with van der Waals surface area (Å²) in [4.78, 5) is 11.5. The van der Waals surface area contributed by atoms with Gasteiger partial charge in [-0.05, 0) is 11.6 Å². The van der Waals surface area contributed by atoms with Gasteiger partial charge in [-0.1, -0.05) is 29.5 Å². The molecule has 1 aromatic heterocycles. The van der Waals surface area contributed by atoms with E-state index in [1.54, 1.807) is 0 Å². The van der Waals surface area contributed by atoms with Gasteiger partial charge in [0.2, 0.25) is 10.1 Å². The summed E-state index contributed by atoms with van der Waals surface area (Å²) >= 11 is 1.30. The first kappa shape index (κ1) is 20.3. The summed E-state index contributed by atoms with van der Waals surface area (Å²) < 4.78 is 74.8. The molecule has 26 heavy (non-hydrogen) atoms. The smallest absolute Gasteiger partial charge is 0.329 e. The number of nitrogens with zero attached hydrogens (tertiary/aromatic N) is 2. The van der Waals surface area contributed by atoms with Crippen molar-refractivity contribution in [3.8, 4) is 0 Å². The molecule has 0 radical (unpaired) electrons. The summed E-state index contributed by atoms with van der Waals surface area (Å²) in [5.74, 6) is 0.244. The zero-order chi connectivity index (χ0) is 19.4. The third-order valence-corrected chi connectivity index (χ3v) is 4.52. The van der Waals surface area contributed by atoms with Gasteiger partial charge in [0.05, 0.1) is 11.4 Å². The Hall–Kier alpha value is -2.02. The van der Waals surface area contributed by atoms with Crippen LogP contribution in [-0.2, 0) is 18.1 Å². The van der Waals surface area contributed by atoms with Crippen LogP contribution < -0.4 is 10.6 Å². The molecule has 2 rings (SSSR count). The van der Waals surface area contributed by atoms with Gasteiger partial charge in [-0.2, -0.15) is 26.3 Å². The predicted molar refractivity (Wildman–Crippen MR) is 84.7 cm³/mol. The van der Waals surface area contributed by atoms with Crippen LogP contribution in [0, 0.1) is 0 Å². The first-order valence-corrected chi connectivity index (χ1v) is 8.72. The molecule has 0 saturated heterocycles. The van der Waals surface area contributed by atoms with E-state index in [0.717, 1.165) is 23.9 Å². The van der Waals surface area contributed by atoms with E-state index in [1.165, 1.54) is 12.1 Å². The van der Waals surface area contributed by atoms with Gasteiger partial charge in [0, 0.05) is 5.75 Å². The Kier molecular flexibility index (Phi) is 6.34. The highest BCUT2D eigenvalue weighted by atomic mass is 32.2. The van der Waals surface area contributed by atoms with Gasteiger partial charge in [0.25, 0.3) is 0 Å². The lowest BCUT2D eigenvalue weighted by Gasteiger charge is -2.09. The summed E-state index contributed by atoms with van der Waals surface area (Å²) in [5.41, 5.74) is -0.344. The number of hydrogen-bond donors (Lipinski definition) is 2. The van der Waals surface area contributed by atoms with E-state index in [1.807, 2.05) is 0 Å². The minimum absolute atomic E-state index is 0.0347. The summed E-state index contributed by atoms with van der Waals surface area (Å²) in [6.07, 6.45) is -9.08. The largest absolute Gasteiger partial charge is 0.445 e. The van der Waals surface area contributed by atoms with Gasteiger partial charge in [-0.25, -0.2) is 4.79 Å². The zero-order valence-electron chi connectivity index (χ0n) is 12.6. The lowest BCUT2D eigenvalue weighted by Crippen LogP contribution is -2.28. The van der Waals surface area contributed by atoms with E-state index in [-0.39, 0.29) is 28.1 Å². The fraction of sp³-hybridized carbons (Fsp3) is 0.308. The van der Waals surface area contributed by atoms with E-state index in [0.29, 0.717) is 5.56 Å². The van der Waals surface area contributed by atoms with Crippen LogP contribution in [0.25, 0.3) is 0 Å². The lowest BCUT2D eigenvalue weighted by atomic mass is 10.1. The highest BCUT2D eigenvalue weighted by Crippen LogP contribution is 2.33. The van der Waals surface area contributed by atoms with Crippen LogP contribution in [0.4, 0.5) is 36.3 Å². The highest BCUT2D eigenvalue weighted by Gasteiger charge is 2.35. The second kappa shape index (κ2) is 8.12. The molecule has 1 heterocycles. The Labute approximate surface area is 151 Å². The van der Waals surface area contributed by atoms with Gasteiger partial charge < -0.3 is 5.32 Å². The second-order valence-electron chi connectivity index (χ2n) is 4.73. The lowest BCUT2D eigenvalue weighted by molar-refractivity contribution is -0.138. The SMILES string of the molecule is O=C(NCSCc1cccc(C(F)(F)F)c1)Nc1nnc(C(F)(F)F)s1. The van der Waals surface area contributed by atoms with Crippen LogP contribution in [0.3, 0.4) is 0 Å². The van der Waals surface area contributed by atoms with Crippen molar-refractivity contribution >= 4 is 34.3 Å². The molecule has 0 saturated carbocycles. The highest BCUT2D eigenvalue weighted by molar-refractivity contribution is 7.98. The molecule has 0 spiro atoms. The van der Waals surface area contributed by atoms with Crippen molar-refractivity contribution in [1.29, 1.82) is 0 Å². The molecule has 2 aromatic rings. The third kappa shape index (κ3) is 6.05. The minimum atomic E-state index is -4.64. The van der Waals surface area contributed by atoms with Crippen LogP contribution >= 0.6 is 23.1 Å². The zero-order valence-corrected chi connectivity index (χ0v) is 14.2. The second-order valence-corrected chi connectivity index (χ2v) is 6.70. The van der Waals surface area contributed by atoms with Crippen molar-refractivity contribution in [2.45, 2.75) is 18.1 Å². The molecule has 5 nitrogen and oxygen atoms in total. The average molecular weight is 416 g/mol. The Morgan fingerprint density at radius 1 is 1.12 bits per heavy atom. The number of benzene rings is 1. The van der Waals surface area contributed by atoms with Gasteiger partial charge >= 0.3 is 18.4 Å². The Morgan fingerprint density at radius 2 is 1.85 bits per heavy atom. The number of carbonyl (C=O) groups is 1. The standard InChI is InChI=1S/C13H10F6N4OS2/c14-12(15,16)8-3-1-2-7(4-8)5-25-6-20-10(24)21-11-23-22-9(26-11)13(17,18)19/h1-4H,5-6H2,(H2,20,21,23,24). The number of nitrogens with one attached hydrogen (secondary N) is 2. The van der Waals surface area contributed by atoms with Crippen LogP contribution in [0.2, 0.25) is 0 Å². The normalized spacial score (nSPS) is 12.1. The van der Waals surface area contributed by atoms with Crippen LogP contribution in [-0.4, -0.2) is 22.1 Å². The van der Waals surface area contributed by atoms with Crippen LogP contribution in [0.1, 0.15) is 16.1 Å². The molecule has 142 valence electrons. The first-order chi connectivity index (χ1) is 12.1. The number of rotatable bonds is 5. The molecular weight excluding hydrogens is 406 g/mol. The third-order valence-electron chi connectivity index (χ3n) is 2.75. The average Bonchev–Trinajstić information content (AvgIpc) is 3.00. The van der Waals surface area contributed by atoms with Gasteiger partial charge in [-0.3, -0.25) is 5.32 Å². The molecule has 0 aliphatic rings. The monoisotopic (exact) mass is 416 g/mol. The summed E-state index contributed by atoms with van der Waals surface area (Å²) in [6, 6.07) is 3.96. The van der Waals surface area contributed by atoms with E-state index < -0.39 is 29.0 Å². The molecule has 0 unspecified atom stereocenters. The van der Waals surface area contributed by atoms with Crippen molar-refractivity contribution in [3.63, 3.8) is 0 Å². The van der Waals surface area contributed by atoms with E-state index >= 15 is 0 Å². The van der Waals surface area contributed by atoms with Crippen molar-refractivity contribution in [2.24, 2.45) is 0 Å². The van der Waals surface area contributed by atoms with Crippen molar-refractivity contribution in [1.82, 2.24) is 15.5 Å². The van der Waals surface area contributed by atoms with Gasteiger partial charge in [-0.15, -0.1) is 22.0 Å². The van der Waals surface area contributed by atoms with E-state index in [4.69, 9.17) is 0 Å². The molecule has 0 atom stereocenters. The number of carbonyl (C=O) groups excluding carboxylic acids is 1. The fourth-order valence-electron chi connectivity index (χ4n) is 1.65. The summed E-state index contributed by atoms with van der Waals surface area (Å²) in [6.45, 7) is 0. The molecule has 0 aliphatic heterocycles. The number of anilines is 1. The number of urea groups is 1. The van der Waals surface area contributed by atoms with Crippen molar-refractivity contribution in [2.75, 3.05) is 11.2 Å².